The lowest BCUT2D eigenvalue weighted by Gasteiger charge is -2.14. The SMILES string of the molecule is CC(C(=O)Nc1ccc(C(F)(F)F)cc1)S(=O)(=O)c1ccccc1. The molecule has 0 radical (unpaired) electrons. The molecule has 1 amide bonds. The van der Waals surface area contributed by atoms with Gasteiger partial charge in [0.2, 0.25) is 5.91 Å². The fraction of sp³-hybridized carbons (Fsp3) is 0.188. The zero-order valence-electron chi connectivity index (χ0n) is 12.5. The van der Waals surface area contributed by atoms with Crippen molar-refractivity contribution in [3.05, 3.63) is 60.2 Å². The molecule has 24 heavy (non-hydrogen) atoms. The van der Waals surface area contributed by atoms with Gasteiger partial charge in [0.1, 0.15) is 5.25 Å². The number of carbonyl (C=O) groups is 1. The van der Waals surface area contributed by atoms with Crippen LogP contribution in [0.5, 0.6) is 0 Å². The lowest BCUT2D eigenvalue weighted by molar-refractivity contribution is -0.137. The molecule has 0 saturated carbocycles. The molecule has 1 N–H and O–H groups in total. The van der Waals surface area contributed by atoms with Crippen LogP contribution in [-0.4, -0.2) is 19.6 Å². The van der Waals surface area contributed by atoms with E-state index in [9.17, 15) is 26.4 Å². The Morgan fingerprint density at radius 2 is 1.54 bits per heavy atom. The van der Waals surface area contributed by atoms with Gasteiger partial charge in [-0.2, -0.15) is 13.2 Å². The Balaban J connectivity index is 2.15. The summed E-state index contributed by atoms with van der Waals surface area (Å²) in [5.41, 5.74) is -0.770. The zero-order valence-corrected chi connectivity index (χ0v) is 13.4. The first-order valence-corrected chi connectivity index (χ1v) is 8.44. The monoisotopic (exact) mass is 357 g/mol. The first kappa shape index (κ1) is 18.0. The van der Waals surface area contributed by atoms with E-state index in [2.05, 4.69) is 5.32 Å². The molecule has 0 aromatic heterocycles. The van der Waals surface area contributed by atoms with Gasteiger partial charge in [-0.15, -0.1) is 0 Å². The van der Waals surface area contributed by atoms with Crippen molar-refractivity contribution in [1.29, 1.82) is 0 Å². The van der Waals surface area contributed by atoms with Crippen LogP contribution < -0.4 is 5.32 Å². The van der Waals surface area contributed by atoms with E-state index >= 15 is 0 Å². The number of carbonyl (C=O) groups excluding carboxylic acids is 1. The molecule has 0 spiro atoms. The minimum absolute atomic E-state index is 0.0000642. The molecule has 0 saturated heterocycles. The number of sulfone groups is 1. The van der Waals surface area contributed by atoms with Gasteiger partial charge in [0.25, 0.3) is 0 Å². The minimum Gasteiger partial charge on any atom is -0.325 e. The average molecular weight is 357 g/mol. The van der Waals surface area contributed by atoms with Crippen LogP contribution in [0.3, 0.4) is 0 Å². The van der Waals surface area contributed by atoms with Gasteiger partial charge in [0, 0.05) is 5.69 Å². The molecule has 0 aliphatic rings. The van der Waals surface area contributed by atoms with Crippen LogP contribution >= 0.6 is 0 Å². The first-order chi connectivity index (χ1) is 11.1. The Hall–Kier alpha value is -2.35. The highest BCUT2D eigenvalue weighted by atomic mass is 32.2. The highest BCUT2D eigenvalue weighted by Crippen LogP contribution is 2.30. The number of nitrogens with one attached hydrogen (secondary N) is 1. The predicted molar refractivity (Wildman–Crippen MR) is 83.2 cm³/mol. The van der Waals surface area contributed by atoms with Gasteiger partial charge in [-0.3, -0.25) is 4.79 Å². The molecule has 1 unspecified atom stereocenters. The number of halogens is 3. The van der Waals surface area contributed by atoms with Crippen LogP contribution in [0.2, 0.25) is 0 Å². The standard InChI is InChI=1S/C16H14F3NO3S/c1-11(24(22,23)14-5-3-2-4-6-14)15(21)20-13-9-7-12(8-10-13)16(17,18)19/h2-11H,1H3,(H,20,21). The average Bonchev–Trinajstić information content (AvgIpc) is 2.54. The summed E-state index contributed by atoms with van der Waals surface area (Å²) in [7, 11) is -3.88. The summed E-state index contributed by atoms with van der Waals surface area (Å²) in [6.07, 6.45) is -4.48. The quantitative estimate of drug-likeness (QED) is 0.911. The maximum atomic E-state index is 12.5. The molecule has 2 aromatic rings. The van der Waals surface area contributed by atoms with Gasteiger partial charge in [-0.1, -0.05) is 18.2 Å². The molecule has 0 aliphatic carbocycles. The maximum Gasteiger partial charge on any atom is 0.416 e. The lowest BCUT2D eigenvalue weighted by atomic mass is 10.2. The number of anilines is 1. The largest absolute Gasteiger partial charge is 0.416 e. The van der Waals surface area contributed by atoms with Crippen LogP contribution in [0.25, 0.3) is 0 Å². The molecule has 0 fully saturated rings. The van der Waals surface area contributed by atoms with Gasteiger partial charge in [0.15, 0.2) is 9.84 Å². The first-order valence-electron chi connectivity index (χ1n) is 6.89. The fourth-order valence-corrected chi connectivity index (χ4v) is 3.23. The van der Waals surface area contributed by atoms with Crippen molar-refractivity contribution in [3.8, 4) is 0 Å². The molecular formula is C16H14F3NO3S. The van der Waals surface area contributed by atoms with Crippen molar-refractivity contribution in [3.63, 3.8) is 0 Å². The van der Waals surface area contributed by atoms with E-state index in [0.717, 1.165) is 24.3 Å². The molecule has 0 heterocycles. The third-order valence-corrected chi connectivity index (χ3v) is 5.46. The van der Waals surface area contributed by atoms with Crippen LogP contribution in [-0.2, 0) is 20.8 Å². The van der Waals surface area contributed by atoms with Crippen molar-refractivity contribution in [1.82, 2.24) is 0 Å². The summed E-state index contributed by atoms with van der Waals surface area (Å²) >= 11 is 0. The zero-order chi connectivity index (χ0) is 18.0. The van der Waals surface area contributed by atoms with E-state index in [0.29, 0.717) is 0 Å². The summed E-state index contributed by atoms with van der Waals surface area (Å²) in [5.74, 6) is -0.821. The summed E-state index contributed by atoms with van der Waals surface area (Å²) in [5, 5.41) is 0.924. The van der Waals surface area contributed by atoms with Crippen molar-refractivity contribution >= 4 is 21.4 Å². The number of rotatable bonds is 4. The van der Waals surface area contributed by atoms with Gasteiger partial charge in [-0.05, 0) is 43.3 Å². The van der Waals surface area contributed by atoms with E-state index < -0.39 is 32.7 Å². The topological polar surface area (TPSA) is 63.2 Å². The number of hydrogen-bond donors (Lipinski definition) is 1. The summed E-state index contributed by atoms with van der Waals surface area (Å²) < 4.78 is 62.1. The van der Waals surface area contributed by atoms with Crippen LogP contribution in [0, 0.1) is 0 Å². The van der Waals surface area contributed by atoms with Crippen LogP contribution in [0.15, 0.2) is 59.5 Å². The van der Waals surface area contributed by atoms with E-state index in [1.165, 1.54) is 31.2 Å². The second kappa shape index (κ2) is 6.64. The summed E-state index contributed by atoms with van der Waals surface area (Å²) in [4.78, 5) is 12.1. The van der Waals surface area contributed by atoms with Gasteiger partial charge in [0.05, 0.1) is 10.5 Å². The Morgan fingerprint density at radius 3 is 2.04 bits per heavy atom. The number of hydrogen-bond acceptors (Lipinski definition) is 3. The smallest absolute Gasteiger partial charge is 0.325 e. The van der Waals surface area contributed by atoms with E-state index in [-0.39, 0.29) is 10.6 Å². The van der Waals surface area contributed by atoms with Gasteiger partial charge < -0.3 is 5.32 Å². The Bertz CT molecular complexity index is 816. The van der Waals surface area contributed by atoms with Crippen molar-refractivity contribution < 1.29 is 26.4 Å². The Kier molecular flexibility index (Phi) is 4.98. The highest BCUT2D eigenvalue weighted by Gasteiger charge is 2.31. The molecular weight excluding hydrogens is 343 g/mol. The molecule has 8 heteroatoms. The van der Waals surface area contributed by atoms with Crippen molar-refractivity contribution in [2.24, 2.45) is 0 Å². The van der Waals surface area contributed by atoms with E-state index in [1.807, 2.05) is 0 Å². The van der Waals surface area contributed by atoms with Crippen molar-refractivity contribution in [2.75, 3.05) is 5.32 Å². The van der Waals surface area contributed by atoms with E-state index in [4.69, 9.17) is 0 Å². The Morgan fingerprint density at radius 1 is 1.00 bits per heavy atom. The number of benzene rings is 2. The van der Waals surface area contributed by atoms with Gasteiger partial charge in [-0.25, -0.2) is 8.42 Å². The maximum absolute atomic E-state index is 12.5. The molecule has 128 valence electrons. The molecule has 0 bridgehead atoms. The second-order valence-corrected chi connectivity index (χ2v) is 7.33. The normalized spacial score (nSPS) is 13.3. The number of alkyl halides is 3. The highest BCUT2D eigenvalue weighted by molar-refractivity contribution is 7.92. The predicted octanol–water partition coefficient (Wildman–Crippen LogP) is 3.51. The minimum atomic E-state index is -4.48. The third-order valence-electron chi connectivity index (χ3n) is 3.39. The molecule has 2 aromatic carbocycles. The van der Waals surface area contributed by atoms with Crippen LogP contribution in [0.4, 0.5) is 18.9 Å². The molecule has 4 nitrogen and oxygen atoms in total. The fourth-order valence-electron chi connectivity index (χ4n) is 1.94. The third kappa shape index (κ3) is 3.94. The second-order valence-electron chi connectivity index (χ2n) is 5.06. The van der Waals surface area contributed by atoms with Crippen molar-refractivity contribution in [2.45, 2.75) is 23.2 Å². The Labute approximate surface area is 137 Å². The molecule has 0 aliphatic heterocycles. The summed E-state index contributed by atoms with van der Waals surface area (Å²) in [6, 6.07) is 11.2. The van der Waals surface area contributed by atoms with Gasteiger partial charge >= 0.3 is 6.18 Å². The summed E-state index contributed by atoms with van der Waals surface area (Å²) in [6.45, 7) is 1.22. The lowest BCUT2D eigenvalue weighted by Crippen LogP contribution is -2.32. The van der Waals surface area contributed by atoms with E-state index in [1.54, 1.807) is 6.07 Å². The van der Waals surface area contributed by atoms with Crippen LogP contribution in [0.1, 0.15) is 12.5 Å². The molecule has 2 rings (SSSR count). The number of amides is 1. The molecule has 1 atom stereocenters.